The summed E-state index contributed by atoms with van der Waals surface area (Å²) < 4.78 is 6.20. The van der Waals surface area contributed by atoms with Crippen molar-refractivity contribution in [2.75, 3.05) is 0 Å². The van der Waals surface area contributed by atoms with Crippen molar-refractivity contribution < 1.29 is 4.74 Å². The van der Waals surface area contributed by atoms with E-state index in [-0.39, 0.29) is 5.56 Å². The van der Waals surface area contributed by atoms with Gasteiger partial charge in [0.15, 0.2) is 0 Å². The number of rotatable bonds is 5. The van der Waals surface area contributed by atoms with Crippen LogP contribution in [0.3, 0.4) is 0 Å². The Hall–Kier alpha value is 0.250. The van der Waals surface area contributed by atoms with Gasteiger partial charge >= 0.3 is 0 Å². The van der Waals surface area contributed by atoms with E-state index in [1.807, 2.05) is 0 Å². The topological polar surface area (TPSA) is 9.23 Å². The molecule has 0 radical (unpaired) electrons. The summed E-state index contributed by atoms with van der Waals surface area (Å²) >= 11 is 6.48. The van der Waals surface area contributed by atoms with Gasteiger partial charge in [0.25, 0.3) is 0 Å². The smallest absolute Gasteiger partial charge is 0.134 e. The van der Waals surface area contributed by atoms with Gasteiger partial charge in [-0.3, -0.25) is 0 Å². The number of ether oxygens (including phenoxy) is 1. The Morgan fingerprint density at radius 3 is 1.60 bits per heavy atom. The predicted molar refractivity (Wildman–Crippen MR) is 89.4 cm³/mol. The Morgan fingerprint density at radius 1 is 0.800 bits per heavy atom. The van der Waals surface area contributed by atoms with E-state index in [2.05, 4.69) is 13.8 Å². The van der Waals surface area contributed by atoms with Crippen molar-refractivity contribution in [2.45, 2.75) is 109 Å². The number of alkyl halides is 1. The predicted octanol–water partition coefficient (Wildman–Crippen LogP) is 6.68. The van der Waals surface area contributed by atoms with Crippen molar-refractivity contribution in [2.24, 2.45) is 5.92 Å². The maximum atomic E-state index is 6.48. The van der Waals surface area contributed by atoms with E-state index in [0.29, 0.717) is 12.0 Å². The normalized spacial score (nSPS) is 22.2. The summed E-state index contributed by atoms with van der Waals surface area (Å²) in [7, 11) is 0. The highest BCUT2D eigenvalue weighted by atomic mass is 35.5. The minimum Gasteiger partial charge on any atom is -0.359 e. The second kappa shape index (κ2) is 11.9. The van der Waals surface area contributed by atoms with Crippen LogP contribution in [0.1, 0.15) is 97.3 Å². The summed E-state index contributed by atoms with van der Waals surface area (Å²) in [4.78, 5) is 0. The van der Waals surface area contributed by atoms with Gasteiger partial charge in [-0.05, 0) is 31.6 Å². The maximum absolute atomic E-state index is 6.48. The summed E-state index contributed by atoms with van der Waals surface area (Å²) in [5.74, 6) is 0.512. The van der Waals surface area contributed by atoms with Crippen LogP contribution in [0, 0.1) is 5.92 Å². The molecule has 0 saturated heterocycles. The monoisotopic (exact) mass is 302 g/mol. The van der Waals surface area contributed by atoms with E-state index in [1.165, 1.54) is 70.6 Å². The molecule has 1 atom stereocenters. The minimum atomic E-state index is -0.0806. The summed E-state index contributed by atoms with van der Waals surface area (Å²) in [6.45, 7) is 4.43. The second-order valence-electron chi connectivity index (χ2n) is 6.45. The summed E-state index contributed by atoms with van der Waals surface area (Å²) in [5, 5.41) is 0. The molecule has 1 aliphatic carbocycles. The summed E-state index contributed by atoms with van der Waals surface area (Å²) in [6.07, 6.45) is 17.6. The number of halogens is 1. The maximum Gasteiger partial charge on any atom is 0.134 e. The van der Waals surface area contributed by atoms with Crippen LogP contribution < -0.4 is 0 Å². The molecule has 1 saturated carbocycles. The summed E-state index contributed by atoms with van der Waals surface area (Å²) in [6, 6.07) is 0. The van der Waals surface area contributed by atoms with Crippen molar-refractivity contribution in [3.05, 3.63) is 0 Å². The molecule has 120 valence electrons. The highest BCUT2D eigenvalue weighted by molar-refractivity contribution is 6.19. The molecular weight excluding hydrogens is 268 g/mol. The molecule has 0 aromatic heterocycles. The zero-order valence-electron chi connectivity index (χ0n) is 13.7. The van der Waals surface area contributed by atoms with Crippen molar-refractivity contribution in [3.8, 4) is 0 Å². The van der Waals surface area contributed by atoms with Crippen molar-refractivity contribution in [1.29, 1.82) is 0 Å². The first-order chi connectivity index (χ1) is 9.77. The Kier molecular flexibility index (Phi) is 10.9. The highest BCUT2D eigenvalue weighted by Crippen LogP contribution is 2.25. The molecule has 0 aliphatic heterocycles. The molecule has 0 heterocycles. The third-order valence-corrected chi connectivity index (χ3v) is 5.25. The van der Waals surface area contributed by atoms with Gasteiger partial charge in [-0.15, -0.1) is 0 Å². The van der Waals surface area contributed by atoms with E-state index in [9.17, 15) is 0 Å². The van der Waals surface area contributed by atoms with Crippen LogP contribution in [0.15, 0.2) is 0 Å². The molecule has 1 nitrogen and oxygen atoms in total. The van der Waals surface area contributed by atoms with Gasteiger partial charge in [0.05, 0.1) is 6.10 Å². The Labute approximate surface area is 131 Å². The van der Waals surface area contributed by atoms with E-state index >= 15 is 0 Å². The van der Waals surface area contributed by atoms with Crippen LogP contribution in [0.25, 0.3) is 0 Å². The lowest BCUT2D eigenvalue weighted by Crippen LogP contribution is -2.24. The molecule has 0 N–H and O–H groups in total. The molecular formula is C18H35ClO. The fourth-order valence-electron chi connectivity index (χ4n) is 3.22. The zero-order chi connectivity index (χ0) is 14.6. The van der Waals surface area contributed by atoms with E-state index in [1.54, 1.807) is 0 Å². The largest absolute Gasteiger partial charge is 0.359 e. The van der Waals surface area contributed by atoms with Crippen LogP contribution in [0.4, 0.5) is 0 Å². The van der Waals surface area contributed by atoms with E-state index in [4.69, 9.17) is 16.3 Å². The Bertz CT molecular complexity index is 203. The first kappa shape index (κ1) is 18.3. The Morgan fingerprint density at radius 2 is 1.20 bits per heavy atom. The SMILES string of the molecule is CCC(CC)C(Cl)OC1CCCCCCCCCCC1. The summed E-state index contributed by atoms with van der Waals surface area (Å²) in [5.41, 5.74) is -0.0806. The fraction of sp³-hybridized carbons (Fsp3) is 1.00. The van der Waals surface area contributed by atoms with Gasteiger partial charge in [-0.2, -0.15) is 0 Å². The molecule has 1 unspecified atom stereocenters. The number of hydrogen-bond donors (Lipinski definition) is 0. The third-order valence-electron chi connectivity index (χ3n) is 4.79. The number of hydrogen-bond acceptors (Lipinski definition) is 1. The van der Waals surface area contributed by atoms with Crippen LogP contribution in [0.5, 0.6) is 0 Å². The third kappa shape index (κ3) is 7.88. The van der Waals surface area contributed by atoms with Crippen LogP contribution in [0.2, 0.25) is 0 Å². The molecule has 0 bridgehead atoms. The van der Waals surface area contributed by atoms with Gasteiger partial charge in [0.1, 0.15) is 5.56 Å². The lowest BCUT2D eigenvalue weighted by Gasteiger charge is -2.26. The van der Waals surface area contributed by atoms with Crippen molar-refractivity contribution in [1.82, 2.24) is 0 Å². The van der Waals surface area contributed by atoms with Gasteiger partial charge in [-0.25, -0.2) is 0 Å². The molecule has 0 amide bonds. The average molecular weight is 303 g/mol. The van der Waals surface area contributed by atoms with Crippen LogP contribution in [-0.4, -0.2) is 11.7 Å². The standard InChI is InChI=1S/C18H35ClO/c1-3-16(4-2)18(19)20-17-14-12-10-8-6-5-7-9-11-13-15-17/h16-18H,3-15H2,1-2H3. The van der Waals surface area contributed by atoms with E-state index in [0.717, 1.165) is 12.8 Å². The molecule has 0 aromatic carbocycles. The van der Waals surface area contributed by atoms with Crippen molar-refractivity contribution in [3.63, 3.8) is 0 Å². The van der Waals surface area contributed by atoms with Crippen LogP contribution >= 0.6 is 11.6 Å². The van der Waals surface area contributed by atoms with Crippen molar-refractivity contribution >= 4 is 11.6 Å². The first-order valence-electron chi connectivity index (χ1n) is 9.07. The first-order valence-corrected chi connectivity index (χ1v) is 9.51. The molecule has 0 aromatic rings. The van der Waals surface area contributed by atoms with Gasteiger partial charge in [0.2, 0.25) is 0 Å². The lowest BCUT2D eigenvalue weighted by atomic mass is 9.99. The second-order valence-corrected chi connectivity index (χ2v) is 6.88. The van der Waals surface area contributed by atoms with Gasteiger partial charge < -0.3 is 4.74 Å². The zero-order valence-corrected chi connectivity index (χ0v) is 14.5. The molecule has 1 aliphatic rings. The minimum absolute atomic E-state index is 0.0806. The lowest BCUT2D eigenvalue weighted by molar-refractivity contribution is -0.0102. The average Bonchev–Trinajstić information content (AvgIpc) is 2.43. The molecule has 2 heteroatoms. The molecule has 1 fully saturated rings. The molecule has 0 spiro atoms. The quantitative estimate of drug-likeness (QED) is 0.515. The highest BCUT2D eigenvalue weighted by Gasteiger charge is 2.20. The van der Waals surface area contributed by atoms with Gasteiger partial charge in [0, 0.05) is 0 Å². The molecule has 20 heavy (non-hydrogen) atoms. The van der Waals surface area contributed by atoms with Gasteiger partial charge in [-0.1, -0.05) is 83.2 Å². The Balaban J connectivity index is 2.37. The van der Waals surface area contributed by atoms with E-state index < -0.39 is 0 Å². The van der Waals surface area contributed by atoms with Crippen LogP contribution in [-0.2, 0) is 4.74 Å². The molecule has 1 rings (SSSR count). The fourth-order valence-corrected chi connectivity index (χ4v) is 3.72.